The van der Waals surface area contributed by atoms with Gasteiger partial charge in [-0.05, 0) is 13.8 Å². The fraction of sp³-hybridized carbons (Fsp3) is 0.818. The number of esters is 1. The lowest BCUT2D eigenvalue weighted by Gasteiger charge is -2.20. The van der Waals surface area contributed by atoms with Gasteiger partial charge >= 0.3 is 5.97 Å². The Hall–Kier alpha value is -1.10. The van der Waals surface area contributed by atoms with E-state index in [-0.39, 0.29) is 30.5 Å². The zero-order valence-corrected chi connectivity index (χ0v) is 10.6. The molecule has 0 aliphatic rings. The van der Waals surface area contributed by atoms with E-state index in [1.54, 1.807) is 14.0 Å². The van der Waals surface area contributed by atoms with Crippen LogP contribution in [0.4, 0.5) is 0 Å². The van der Waals surface area contributed by atoms with Gasteiger partial charge in [0.2, 0.25) is 5.91 Å². The molecule has 0 spiro atoms. The Morgan fingerprint density at radius 1 is 1.25 bits per heavy atom. The maximum atomic E-state index is 11.5. The molecule has 0 aliphatic carbocycles. The highest BCUT2D eigenvalue weighted by Gasteiger charge is 2.18. The van der Waals surface area contributed by atoms with Crippen LogP contribution in [0.3, 0.4) is 0 Å². The Balaban J connectivity index is 4.00. The van der Waals surface area contributed by atoms with Crippen molar-refractivity contribution in [3.8, 4) is 0 Å². The summed E-state index contributed by atoms with van der Waals surface area (Å²) < 4.78 is 9.77. The first-order valence-corrected chi connectivity index (χ1v) is 5.31. The third-order valence-electron chi connectivity index (χ3n) is 2.12. The van der Waals surface area contributed by atoms with Gasteiger partial charge in [-0.25, -0.2) is 0 Å². The molecule has 5 heteroatoms. The molecule has 1 amide bonds. The van der Waals surface area contributed by atoms with E-state index >= 15 is 0 Å². The normalized spacial score (nSPS) is 12.4. The molecule has 1 unspecified atom stereocenters. The van der Waals surface area contributed by atoms with E-state index in [4.69, 9.17) is 4.74 Å². The van der Waals surface area contributed by atoms with Gasteiger partial charge in [0.05, 0.1) is 19.1 Å². The minimum Gasteiger partial charge on any atom is -0.469 e. The predicted octanol–water partition coefficient (Wildman–Crippen LogP) is 0.679. The molecule has 0 bridgehead atoms. The van der Waals surface area contributed by atoms with Gasteiger partial charge in [-0.2, -0.15) is 0 Å². The van der Waals surface area contributed by atoms with Gasteiger partial charge < -0.3 is 14.4 Å². The van der Waals surface area contributed by atoms with Gasteiger partial charge in [0.15, 0.2) is 0 Å². The SMILES string of the molecule is COC(=O)C(C)CN(C)C(=O)COC(C)C. The Kier molecular flexibility index (Phi) is 6.72. The third kappa shape index (κ3) is 5.70. The van der Waals surface area contributed by atoms with Gasteiger partial charge in [0, 0.05) is 13.6 Å². The summed E-state index contributed by atoms with van der Waals surface area (Å²) in [6.45, 7) is 5.84. The molecular weight excluding hydrogens is 210 g/mol. The zero-order valence-electron chi connectivity index (χ0n) is 10.6. The number of carbonyl (C=O) groups is 2. The lowest BCUT2D eigenvalue weighted by Crippen LogP contribution is -2.36. The first-order chi connectivity index (χ1) is 7.38. The van der Waals surface area contributed by atoms with Crippen molar-refractivity contribution in [2.45, 2.75) is 26.9 Å². The van der Waals surface area contributed by atoms with E-state index in [0.717, 1.165) is 0 Å². The first kappa shape index (κ1) is 14.9. The highest BCUT2D eigenvalue weighted by Crippen LogP contribution is 2.01. The fourth-order valence-electron chi connectivity index (χ4n) is 1.14. The van der Waals surface area contributed by atoms with E-state index in [2.05, 4.69) is 4.74 Å². The average molecular weight is 231 g/mol. The van der Waals surface area contributed by atoms with Gasteiger partial charge in [0.25, 0.3) is 0 Å². The highest BCUT2D eigenvalue weighted by atomic mass is 16.5. The lowest BCUT2D eigenvalue weighted by molar-refractivity contribution is -0.146. The smallest absolute Gasteiger partial charge is 0.310 e. The van der Waals surface area contributed by atoms with Crippen molar-refractivity contribution in [2.24, 2.45) is 5.92 Å². The number of rotatable bonds is 6. The topological polar surface area (TPSA) is 55.8 Å². The van der Waals surface area contributed by atoms with Crippen LogP contribution in [0.15, 0.2) is 0 Å². The molecule has 16 heavy (non-hydrogen) atoms. The second-order valence-corrected chi connectivity index (χ2v) is 4.06. The number of hydrogen-bond acceptors (Lipinski definition) is 4. The Morgan fingerprint density at radius 3 is 2.25 bits per heavy atom. The third-order valence-corrected chi connectivity index (χ3v) is 2.12. The predicted molar refractivity (Wildman–Crippen MR) is 59.9 cm³/mol. The van der Waals surface area contributed by atoms with E-state index in [1.807, 2.05) is 13.8 Å². The summed E-state index contributed by atoms with van der Waals surface area (Å²) >= 11 is 0. The van der Waals surface area contributed by atoms with Gasteiger partial charge in [0.1, 0.15) is 6.61 Å². The van der Waals surface area contributed by atoms with Crippen LogP contribution in [0.1, 0.15) is 20.8 Å². The van der Waals surface area contributed by atoms with Crippen molar-refractivity contribution in [1.29, 1.82) is 0 Å². The molecule has 0 radical (unpaired) electrons. The quantitative estimate of drug-likeness (QED) is 0.631. The summed E-state index contributed by atoms with van der Waals surface area (Å²) in [6.07, 6.45) is 0.0235. The summed E-state index contributed by atoms with van der Waals surface area (Å²) in [5.74, 6) is -0.771. The van der Waals surface area contributed by atoms with Crippen molar-refractivity contribution >= 4 is 11.9 Å². The largest absolute Gasteiger partial charge is 0.469 e. The second-order valence-electron chi connectivity index (χ2n) is 4.06. The van der Waals surface area contributed by atoms with Crippen LogP contribution in [0.25, 0.3) is 0 Å². The van der Waals surface area contributed by atoms with Crippen LogP contribution >= 0.6 is 0 Å². The molecule has 0 saturated carbocycles. The van der Waals surface area contributed by atoms with E-state index in [1.165, 1.54) is 12.0 Å². The molecule has 0 fully saturated rings. The Labute approximate surface area is 96.7 Å². The van der Waals surface area contributed by atoms with Crippen molar-refractivity contribution in [1.82, 2.24) is 4.90 Å². The second kappa shape index (κ2) is 7.22. The van der Waals surface area contributed by atoms with E-state index < -0.39 is 0 Å². The van der Waals surface area contributed by atoms with Crippen molar-refractivity contribution in [3.05, 3.63) is 0 Å². The molecular formula is C11H21NO4. The maximum absolute atomic E-state index is 11.5. The van der Waals surface area contributed by atoms with Crippen molar-refractivity contribution in [2.75, 3.05) is 27.3 Å². The molecule has 0 rings (SSSR count). The van der Waals surface area contributed by atoms with Crippen LogP contribution in [0, 0.1) is 5.92 Å². The first-order valence-electron chi connectivity index (χ1n) is 5.31. The monoisotopic (exact) mass is 231 g/mol. The maximum Gasteiger partial charge on any atom is 0.310 e. The highest BCUT2D eigenvalue weighted by molar-refractivity contribution is 5.78. The molecule has 5 nitrogen and oxygen atoms in total. The number of amides is 1. The summed E-state index contributed by atoms with van der Waals surface area (Å²) in [5, 5.41) is 0. The molecule has 0 aromatic heterocycles. The van der Waals surface area contributed by atoms with Gasteiger partial charge in [-0.15, -0.1) is 0 Å². The Morgan fingerprint density at radius 2 is 1.81 bits per heavy atom. The van der Waals surface area contributed by atoms with Crippen LogP contribution in [0.2, 0.25) is 0 Å². The molecule has 1 atom stereocenters. The lowest BCUT2D eigenvalue weighted by atomic mass is 10.2. The summed E-state index contributed by atoms with van der Waals surface area (Å²) in [6, 6.07) is 0. The van der Waals surface area contributed by atoms with Crippen molar-refractivity contribution < 1.29 is 19.1 Å². The number of ether oxygens (including phenoxy) is 2. The van der Waals surface area contributed by atoms with Gasteiger partial charge in [-0.3, -0.25) is 9.59 Å². The number of methoxy groups -OCH3 is 1. The van der Waals surface area contributed by atoms with Gasteiger partial charge in [-0.1, -0.05) is 6.92 Å². The minimum atomic E-state index is -0.321. The standard InChI is InChI=1S/C11H21NO4/c1-8(2)16-7-10(13)12(4)6-9(3)11(14)15-5/h8-9H,6-7H2,1-5H3. The summed E-state index contributed by atoms with van der Waals surface area (Å²) in [4.78, 5) is 24.2. The zero-order chi connectivity index (χ0) is 12.7. The van der Waals surface area contributed by atoms with Crippen LogP contribution in [-0.4, -0.2) is 50.2 Å². The van der Waals surface area contributed by atoms with Crippen LogP contribution in [0.5, 0.6) is 0 Å². The fourth-order valence-corrected chi connectivity index (χ4v) is 1.14. The molecule has 0 N–H and O–H groups in total. The molecule has 0 heterocycles. The summed E-state index contributed by atoms with van der Waals surface area (Å²) in [5.41, 5.74) is 0. The average Bonchev–Trinajstić information content (AvgIpc) is 2.24. The molecule has 0 saturated heterocycles. The van der Waals surface area contributed by atoms with Crippen LogP contribution < -0.4 is 0 Å². The number of likely N-dealkylation sites (N-methyl/N-ethyl adjacent to an activating group) is 1. The van der Waals surface area contributed by atoms with E-state index in [0.29, 0.717) is 6.54 Å². The molecule has 0 aliphatic heterocycles. The summed E-state index contributed by atoms with van der Waals surface area (Å²) in [7, 11) is 2.98. The van der Waals surface area contributed by atoms with Crippen molar-refractivity contribution in [3.63, 3.8) is 0 Å². The number of carbonyl (C=O) groups excluding carboxylic acids is 2. The van der Waals surface area contributed by atoms with E-state index in [9.17, 15) is 9.59 Å². The molecule has 0 aromatic rings. The number of nitrogens with zero attached hydrogens (tertiary/aromatic N) is 1. The number of hydrogen-bond donors (Lipinski definition) is 0. The molecule has 94 valence electrons. The molecule has 0 aromatic carbocycles. The minimum absolute atomic E-state index is 0.0235. The Bertz CT molecular complexity index is 240. The van der Waals surface area contributed by atoms with Crippen LogP contribution in [-0.2, 0) is 19.1 Å².